The van der Waals surface area contributed by atoms with Crippen molar-refractivity contribution in [3.8, 4) is 5.75 Å². The zero-order chi connectivity index (χ0) is 15.0. The van der Waals surface area contributed by atoms with E-state index < -0.39 is 0 Å². The average Bonchev–Trinajstić information content (AvgIpc) is 2.72. The minimum Gasteiger partial charge on any atom is -0.494 e. The number of nitrogens with zero attached hydrogens (tertiary/aromatic N) is 1. The van der Waals surface area contributed by atoms with Crippen LogP contribution in [0.5, 0.6) is 5.75 Å². The van der Waals surface area contributed by atoms with Crippen LogP contribution in [0.3, 0.4) is 0 Å². The fraction of sp³-hybridized carbons (Fsp3) is 0.125. The Morgan fingerprint density at radius 3 is 2.33 bits per heavy atom. The van der Waals surface area contributed by atoms with E-state index in [1.54, 1.807) is 42.5 Å². The molecular weight excluding hydrogens is 334 g/mol. The highest BCUT2D eigenvalue weighted by Gasteiger charge is 2.36. The van der Waals surface area contributed by atoms with Crippen molar-refractivity contribution in [2.45, 2.75) is 6.92 Å². The Kier molecular flexibility index (Phi) is 3.51. The van der Waals surface area contributed by atoms with Gasteiger partial charge in [-0.3, -0.25) is 9.59 Å². The number of benzene rings is 2. The summed E-state index contributed by atoms with van der Waals surface area (Å²) in [4.78, 5) is 26.0. The van der Waals surface area contributed by atoms with Crippen molar-refractivity contribution in [1.82, 2.24) is 0 Å². The van der Waals surface area contributed by atoms with Crippen molar-refractivity contribution < 1.29 is 14.3 Å². The normalized spacial score (nSPS) is 13.5. The summed E-state index contributed by atoms with van der Waals surface area (Å²) in [7, 11) is 0. The molecule has 0 bridgehead atoms. The van der Waals surface area contributed by atoms with Crippen LogP contribution < -0.4 is 9.64 Å². The van der Waals surface area contributed by atoms with Crippen LogP contribution in [0, 0.1) is 0 Å². The summed E-state index contributed by atoms with van der Waals surface area (Å²) < 4.78 is 6.13. The SMILES string of the molecule is CCOc1ccc(N2C(=O)c3ccc(Br)cc3C2=O)cc1. The molecule has 0 radical (unpaired) electrons. The van der Waals surface area contributed by atoms with E-state index in [0.717, 1.165) is 4.47 Å². The number of anilines is 1. The summed E-state index contributed by atoms with van der Waals surface area (Å²) in [5.74, 6) is 0.104. The number of rotatable bonds is 3. The Hall–Kier alpha value is -2.14. The molecule has 106 valence electrons. The second-order valence-corrected chi connectivity index (χ2v) is 5.48. The Morgan fingerprint density at radius 2 is 1.67 bits per heavy atom. The second kappa shape index (κ2) is 5.33. The number of carbonyl (C=O) groups excluding carboxylic acids is 2. The van der Waals surface area contributed by atoms with E-state index in [9.17, 15) is 9.59 Å². The van der Waals surface area contributed by atoms with Gasteiger partial charge in [-0.05, 0) is 49.4 Å². The highest BCUT2D eigenvalue weighted by atomic mass is 79.9. The molecule has 0 aromatic heterocycles. The van der Waals surface area contributed by atoms with Gasteiger partial charge in [0.15, 0.2) is 0 Å². The van der Waals surface area contributed by atoms with Crippen molar-refractivity contribution in [3.05, 3.63) is 58.1 Å². The van der Waals surface area contributed by atoms with Crippen molar-refractivity contribution in [2.24, 2.45) is 0 Å². The van der Waals surface area contributed by atoms with Crippen LogP contribution in [-0.2, 0) is 0 Å². The number of ether oxygens (including phenoxy) is 1. The van der Waals surface area contributed by atoms with Crippen LogP contribution in [0.15, 0.2) is 46.9 Å². The number of imide groups is 1. The number of halogens is 1. The van der Waals surface area contributed by atoms with Gasteiger partial charge in [-0.25, -0.2) is 4.90 Å². The van der Waals surface area contributed by atoms with E-state index in [0.29, 0.717) is 29.2 Å². The molecule has 3 rings (SSSR count). The van der Waals surface area contributed by atoms with Crippen LogP contribution in [0.4, 0.5) is 5.69 Å². The molecule has 2 amide bonds. The minimum atomic E-state index is -0.305. The van der Waals surface area contributed by atoms with Gasteiger partial charge in [0.2, 0.25) is 0 Å². The molecule has 0 fully saturated rings. The first-order valence-electron chi connectivity index (χ1n) is 6.53. The van der Waals surface area contributed by atoms with E-state index >= 15 is 0 Å². The Bertz CT molecular complexity index is 725. The van der Waals surface area contributed by atoms with E-state index in [4.69, 9.17) is 4.74 Å². The molecule has 5 heteroatoms. The van der Waals surface area contributed by atoms with Gasteiger partial charge in [0.05, 0.1) is 23.4 Å². The molecule has 1 heterocycles. The van der Waals surface area contributed by atoms with Gasteiger partial charge < -0.3 is 4.74 Å². The molecule has 0 unspecified atom stereocenters. The standard InChI is InChI=1S/C16H12BrNO3/c1-2-21-12-6-4-11(5-7-12)18-15(19)13-8-3-10(17)9-14(13)16(18)20/h3-9H,2H2,1H3. The predicted molar refractivity (Wildman–Crippen MR) is 82.9 cm³/mol. The number of amides is 2. The number of hydrogen-bond donors (Lipinski definition) is 0. The van der Waals surface area contributed by atoms with Gasteiger partial charge in [0, 0.05) is 4.47 Å². The van der Waals surface area contributed by atoms with Crippen molar-refractivity contribution in [3.63, 3.8) is 0 Å². The molecule has 2 aromatic rings. The number of hydrogen-bond acceptors (Lipinski definition) is 3. The summed E-state index contributed by atoms with van der Waals surface area (Å²) in [6, 6.07) is 12.0. The van der Waals surface area contributed by atoms with Crippen LogP contribution in [0.2, 0.25) is 0 Å². The van der Waals surface area contributed by atoms with Crippen molar-refractivity contribution in [1.29, 1.82) is 0 Å². The molecule has 1 aliphatic heterocycles. The number of carbonyl (C=O) groups is 2. The van der Waals surface area contributed by atoms with Gasteiger partial charge in [-0.1, -0.05) is 15.9 Å². The Balaban J connectivity index is 1.97. The van der Waals surface area contributed by atoms with Gasteiger partial charge in [0.1, 0.15) is 5.75 Å². The molecule has 0 saturated heterocycles. The molecule has 1 aliphatic rings. The summed E-state index contributed by atoms with van der Waals surface area (Å²) in [5.41, 5.74) is 1.39. The summed E-state index contributed by atoms with van der Waals surface area (Å²) >= 11 is 3.32. The molecule has 0 atom stereocenters. The molecule has 4 nitrogen and oxygen atoms in total. The molecule has 0 saturated carbocycles. The third kappa shape index (κ3) is 2.34. The molecule has 0 aliphatic carbocycles. The van der Waals surface area contributed by atoms with Crippen LogP contribution in [0.25, 0.3) is 0 Å². The Morgan fingerprint density at radius 1 is 1.00 bits per heavy atom. The van der Waals surface area contributed by atoms with Gasteiger partial charge in [0.25, 0.3) is 11.8 Å². The second-order valence-electron chi connectivity index (χ2n) is 4.56. The molecular formula is C16H12BrNO3. The predicted octanol–water partition coefficient (Wildman–Crippen LogP) is 3.65. The van der Waals surface area contributed by atoms with Crippen LogP contribution in [0.1, 0.15) is 27.6 Å². The zero-order valence-corrected chi connectivity index (χ0v) is 12.9. The Labute approximate surface area is 130 Å². The smallest absolute Gasteiger partial charge is 0.266 e. The van der Waals surface area contributed by atoms with E-state index in [2.05, 4.69) is 15.9 Å². The highest BCUT2D eigenvalue weighted by molar-refractivity contribution is 9.10. The molecule has 0 N–H and O–H groups in total. The third-order valence-corrected chi connectivity index (χ3v) is 3.75. The van der Waals surface area contributed by atoms with Crippen LogP contribution >= 0.6 is 15.9 Å². The lowest BCUT2D eigenvalue weighted by Crippen LogP contribution is -2.29. The maximum absolute atomic E-state index is 12.4. The largest absolute Gasteiger partial charge is 0.494 e. The molecule has 2 aromatic carbocycles. The van der Waals surface area contributed by atoms with E-state index in [1.165, 1.54) is 4.90 Å². The first kappa shape index (κ1) is 13.8. The van der Waals surface area contributed by atoms with Crippen molar-refractivity contribution >= 4 is 33.4 Å². The topological polar surface area (TPSA) is 46.6 Å². The lowest BCUT2D eigenvalue weighted by molar-refractivity contribution is 0.0926. The van der Waals surface area contributed by atoms with Gasteiger partial charge in [-0.15, -0.1) is 0 Å². The molecule has 21 heavy (non-hydrogen) atoms. The maximum Gasteiger partial charge on any atom is 0.266 e. The maximum atomic E-state index is 12.4. The minimum absolute atomic E-state index is 0.299. The van der Waals surface area contributed by atoms with Crippen LogP contribution in [-0.4, -0.2) is 18.4 Å². The quantitative estimate of drug-likeness (QED) is 0.797. The molecule has 0 spiro atoms. The van der Waals surface area contributed by atoms with E-state index in [1.807, 2.05) is 6.92 Å². The summed E-state index contributed by atoms with van der Waals surface area (Å²) in [5, 5.41) is 0. The monoisotopic (exact) mass is 345 g/mol. The third-order valence-electron chi connectivity index (χ3n) is 3.25. The lowest BCUT2D eigenvalue weighted by atomic mass is 10.1. The zero-order valence-electron chi connectivity index (χ0n) is 11.3. The lowest BCUT2D eigenvalue weighted by Gasteiger charge is -2.14. The number of fused-ring (bicyclic) bond motifs is 1. The van der Waals surface area contributed by atoms with Gasteiger partial charge >= 0.3 is 0 Å². The summed E-state index contributed by atoms with van der Waals surface area (Å²) in [6.07, 6.45) is 0. The first-order chi connectivity index (χ1) is 10.1. The fourth-order valence-corrected chi connectivity index (χ4v) is 2.67. The highest BCUT2D eigenvalue weighted by Crippen LogP contribution is 2.31. The van der Waals surface area contributed by atoms with Crippen molar-refractivity contribution in [2.75, 3.05) is 11.5 Å². The van der Waals surface area contributed by atoms with E-state index in [-0.39, 0.29) is 11.8 Å². The first-order valence-corrected chi connectivity index (χ1v) is 7.32. The average molecular weight is 346 g/mol. The fourth-order valence-electron chi connectivity index (χ4n) is 2.31. The summed E-state index contributed by atoms with van der Waals surface area (Å²) in [6.45, 7) is 2.47. The van der Waals surface area contributed by atoms with Gasteiger partial charge in [-0.2, -0.15) is 0 Å².